The summed E-state index contributed by atoms with van der Waals surface area (Å²) in [5, 5.41) is 59.1. The van der Waals surface area contributed by atoms with Crippen molar-refractivity contribution in [1.29, 1.82) is 0 Å². The Morgan fingerprint density at radius 3 is 2.23 bits per heavy atom. The smallest absolute Gasteiger partial charge is 0.319 e. The van der Waals surface area contributed by atoms with Crippen LogP contribution in [0.4, 0.5) is 17.5 Å². The molecular weight excluding hydrogens is 947 g/mol. The van der Waals surface area contributed by atoms with Crippen LogP contribution >= 0.6 is 0 Å². The van der Waals surface area contributed by atoms with Crippen LogP contribution in [-0.4, -0.2) is 119 Å². The molecule has 5 aromatic carbocycles. The number of aromatic hydroxyl groups is 4. The second-order valence-electron chi connectivity index (χ2n) is 20.7. The van der Waals surface area contributed by atoms with Gasteiger partial charge >= 0.3 is 6.01 Å². The highest BCUT2D eigenvalue weighted by molar-refractivity contribution is 5.95. The van der Waals surface area contributed by atoms with E-state index in [1.165, 1.54) is 21.8 Å². The minimum Gasteiger partial charge on any atom is -0.508 e. The largest absolute Gasteiger partial charge is 0.508 e. The molecule has 7 aromatic rings. The number of carbonyl (C=O) groups excluding carboxylic acids is 2. The molecule has 0 aliphatic carbocycles. The van der Waals surface area contributed by atoms with Gasteiger partial charge in [-0.2, -0.15) is 4.98 Å². The number of benzene rings is 5. The molecule has 3 aliphatic heterocycles. The van der Waals surface area contributed by atoms with Crippen molar-refractivity contribution in [3.05, 3.63) is 131 Å². The minimum absolute atomic E-state index is 0.00562. The Morgan fingerprint density at radius 1 is 0.760 bits per heavy atom. The Morgan fingerprint density at radius 2 is 1.49 bits per heavy atom. The fourth-order valence-electron chi connectivity index (χ4n) is 11.0. The molecule has 1 unspecified atom stereocenters. The molecule has 6 N–H and O–H groups in total. The summed E-state index contributed by atoms with van der Waals surface area (Å²) >= 11 is 0. The first kappa shape index (κ1) is 50.6. The number of likely N-dealkylation sites (tertiary alicyclic amines) is 1. The maximum absolute atomic E-state index is 13.3. The van der Waals surface area contributed by atoms with Gasteiger partial charge in [0.15, 0.2) is 5.82 Å². The first-order valence-electron chi connectivity index (χ1n) is 26.3. The van der Waals surface area contributed by atoms with E-state index in [1.807, 2.05) is 62.1 Å². The van der Waals surface area contributed by atoms with Crippen molar-refractivity contribution >= 4 is 40.0 Å². The molecule has 5 heterocycles. The van der Waals surface area contributed by atoms with Gasteiger partial charge < -0.3 is 45.8 Å². The maximum Gasteiger partial charge on any atom is 0.319 e. The standard InChI is InChI=1S/C58H67N11O6/c1-36(2)48-32-49(53(73)33-52(48)72)56-63-64-58(75)69(56)44-15-11-39(12-16-44)29-40-18-22-65(23-19-40)34-41-9-13-42(14-10-41)37(3)60-54(74)17-21-59-57-61-50-35-68(51-31-45(71)30-43-7-5-6-8-46(43)51)24-20-47(50)55(62-57)67-27-25-66(26-28-67)38(4)70/h5-16,30-33,36-37,40,71-73H,17-29,34-35H2,1-4H3,(H,60,74)(H,64,75)(H,59,61,62). The summed E-state index contributed by atoms with van der Waals surface area (Å²) in [6.45, 7) is 14.6. The van der Waals surface area contributed by atoms with Crippen LogP contribution in [0.5, 0.6) is 23.3 Å². The van der Waals surface area contributed by atoms with E-state index in [-0.39, 0.29) is 59.3 Å². The Kier molecular flexibility index (Phi) is 14.8. The average molecular weight is 1010 g/mol. The van der Waals surface area contributed by atoms with Crippen molar-refractivity contribution in [2.75, 3.05) is 67.5 Å². The number of nitrogens with zero attached hydrogens (tertiary/aromatic N) is 9. The molecule has 0 saturated carbocycles. The number of aromatic nitrogens is 5. The highest BCUT2D eigenvalue weighted by atomic mass is 16.3. The predicted molar refractivity (Wildman–Crippen MR) is 291 cm³/mol. The van der Waals surface area contributed by atoms with Gasteiger partial charge in [0.25, 0.3) is 0 Å². The van der Waals surface area contributed by atoms with Crippen LogP contribution in [-0.2, 0) is 35.5 Å². The third-order valence-electron chi connectivity index (χ3n) is 15.2. The van der Waals surface area contributed by atoms with E-state index < -0.39 is 0 Å². The van der Waals surface area contributed by atoms with Gasteiger partial charge in [0.1, 0.15) is 23.1 Å². The van der Waals surface area contributed by atoms with Crippen molar-refractivity contribution in [2.45, 2.75) is 84.8 Å². The molecule has 2 aromatic heterocycles. The van der Waals surface area contributed by atoms with Gasteiger partial charge in [-0.1, -0.05) is 79.6 Å². The molecular formula is C58H67N11O6. The summed E-state index contributed by atoms with van der Waals surface area (Å²) in [6.07, 6.45) is 4.08. The van der Waals surface area contributed by atoms with E-state index in [9.17, 15) is 30.0 Å². The Balaban J connectivity index is 0.704. The van der Waals surface area contributed by atoms with Crippen molar-refractivity contribution in [3.8, 4) is 40.3 Å². The van der Waals surface area contributed by atoms with E-state index in [4.69, 9.17) is 9.97 Å². The molecule has 0 radical (unpaired) electrons. The number of hydrogen-bond donors (Lipinski definition) is 6. The highest BCUT2D eigenvalue weighted by Crippen LogP contribution is 2.40. The van der Waals surface area contributed by atoms with Crippen LogP contribution in [0.25, 0.3) is 27.8 Å². The average Bonchev–Trinajstić information content (AvgIpc) is 3.79. The van der Waals surface area contributed by atoms with Crippen LogP contribution in [0.3, 0.4) is 0 Å². The van der Waals surface area contributed by atoms with Crippen LogP contribution in [0.2, 0.25) is 0 Å². The molecule has 75 heavy (non-hydrogen) atoms. The molecule has 17 heteroatoms. The second-order valence-corrected chi connectivity index (χ2v) is 20.7. The van der Waals surface area contributed by atoms with Gasteiger partial charge in [-0.15, -0.1) is 5.10 Å². The number of nitrogens with one attached hydrogen (secondary N) is 2. The van der Waals surface area contributed by atoms with Crippen molar-refractivity contribution < 1.29 is 30.0 Å². The van der Waals surface area contributed by atoms with Crippen molar-refractivity contribution in [3.63, 3.8) is 0 Å². The third-order valence-corrected chi connectivity index (χ3v) is 15.2. The van der Waals surface area contributed by atoms with Crippen molar-refractivity contribution in [1.82, 2.24) is 39.8 Å². The summed E-state index contributed by atoms with van der Waals surface area (Å²) in [7, 11) is 0. The molecule has 10 rings (SSSR count). The highest BCUT2D eigenvalue weighted by Gasteiger charge is 2.29. The lowest BCUT2D eigenvalue weighted by molar-refractivity contribution is -0.129. The predicted octanol–water partition coefficient (Wildman–Crippen LogP) is 8.19. The van der Waals surface area contributed by atoms with Gasteiger partial charge in [0.05, 0.1) is 29.5 Å². The Bertz CT molecular complexity index is 3180. The molecule has 2 saturated heterocycles. The molecule has 2 fully saturated rings. The van der Waals surface area contributed by atoms with Crippen molar-refractivity contribution in [2.24, 2.45) is 5.92 Å². The van der Waals surface area contributed by atoms with Gasteiger partial charge in [-0.05, 0) is 109 Å². The summed E-state index contributed by atoms with van der Waals surface area (Å²) in [5.74, 6) is 2.25. The summed E-state index contributed by atoms with van der Waals surface area (Å²) in [6, 6.07) is 30.8. The summed E-state index contributed by atoms with van der Waals surface area (Å²) in [5.41, 5.74) is 8.13. The number of piperidine rings is 1. The number of anilines is 3. The Labute approximate surface area is 437 Å². The number of fused-ring (bicyclic) bond motifs is 2. The topological polar surface area (TPSA) is 209 Å². The zero-order chi connectivity index (χ0) is 52.3. The van der Waals surface area contributed by atoms with Crippen LogP contribution in [0.15, 0.2) is 97.1 Å². The number of phenols is 3. The lowest BCUT2D eigenvalue weighted by atomic mass is 9.90. The van der Waals surface area contributed by atoms with Gasteiger partial charge in [0.2, 0.25) is 17.8 Å². The maximum atomic E-state index is 13.3. The Hall–Kier alpha value is -7.92. The minimum atomic E-state index is -0.290. The fraction of sp³-hybridized carbons (Fsp3) is 0.379. The quantitative estimate of drug-likeness (QED) is 0.0573. The van der Waals surface area contributed by atoms with Crippen LogP contribution in [0.1, 0.15) is 92.4 Å². The molecule has 390 valence electrons. The molecule has 1 atom stereocenters. The number of phenolic OH excluding ortho intramolecular Hbond substituents is 3. The van der Waals surface area contributed by atoms with Crippen LogP contribution in [0, 0.1) is 5.92 Å². The number of rotatable bonds is 15. The van der Waals surface area contributed by atoms with Gasteiger partial charge in [-0.25, -0.2) is 9.55 Å². The molecule has 0 spiro atoms. The molecule has 0 bridgehead atoms. The lowest BCUT2D eigenvalue weighted by Gasteiger charge is -2.38. The van der Waals surface area contributed by atoms with E-state index in [0.29, 0.717) is 67.9 Å². The van der Waals surface area contributed by atoms with E-state index >= 15 is 0 Å². The fourth-order valence-corrected chi connectivity index (χ4v) is 11.0. The zero-order valence-corrected chi connectivity index (χ0v) is 43.2. The van der Waals surface area contributed by atoms with Gasteiger partial charge in [0, 0.05) is 87.9 Å². The van der Waals surface area contributed by atoms with E-state index in [2.05, 4.69) is 78.0 Å². The number of amides is 2. The monoisotopic (exact) mass is 1010 g/mol. The number of hydrogen-bond acceptors (Lipinski definition) is 14. The summed E-state index contributed by atoms with van der Waals surface area (Å²) < 4.78 is 1.50. The number of piperazine rings is 1. The normalized spacial score (nSPS) is 15.8. The summed E-state index contributed by atoms with van der Waals surface area (Å²) in [4.78, 5) is 44.4. The van der Waals surface area contributed by atoms with Gasteiger partial charge in [-0.3, -0.25) is 14.5 Å². The molecule has 2 amide bonds. The van der Waals surface area contributed by atoms with E-state index in [0.717, 1.165) is 91.0 Å². The number of carbonyl (C=O) groups is 2. The third kappa shape index (κ3) is 11.3. The first-order chi connectivity index (χ1) is 36.2. The SMILES string of the molecule is CC(=O)N1CCN(c2nc(NCCC(=O)NC(C)c3ccc(CN4CCC(Cc5ccc(-n6c(O)nnc6-c6cc(C(C)C)c(O)cc6O)cc5)CC4)cc3)nc3c2CCN(c2cc(O)cc4ccccc24)C3)CC1. The molecule has 3 aliphatic rings. The first-order valence-corrected chi connectivity index (χ1v) is 26.3. The van der Waals surface area contributed by atoms with Crippen LogP contribution < -0.4 is 20.4 Å². The van der Waals surface area contributed by atoms with E-state index in [1.54, 1.807) is 19.1 Å². The second kappa shape index (κ2) is 21.9. The lowest BCUT2D eigenvalue weighted by Crippen LogP contribution is -2.49. The molecule has 17 nitrogen and oxygen atoms in total. The zero-order valence-electron chi connectivity index (χ0n) is 43.2.